The molecule has 1 saturated carbocycles. The SMILES string of the molecule is Cn1ccnc1CCC1(N)CCCCC1c1ccccc1. The van der Waals surface area contributed by atoms with Crippen LogP contribution >= 0.6 is 0 Å². The van der Waals surface area contributed by atoms with Crippen LogP contribution in [0.25, 0.3) is 0 Å². The molecule has 1 aromatic heterocycles. The van der Waals surface area contributed by atoms with Gasteiger partial charge in [0.05, 0.1) is 0 Å². The number of nitrogens with zero attached hydrogens (tertiary/aromatic N) is 2. The van der Waals surface area contributed by atoms with Crippen molar-refractivity contribution in [2.24, 2.45) is 12.8 Å². The second kappa shape index (κ2) is 6.02. The number of nitrogens with two attached hydrogens (primary N) is 1. The molecule has 0 bridgehead atoms. The standard InChI is InChI=1S/C18H25N3/c1-21-14-13-20-17(21)10-12-18(19)11-6-5-9-16(18)15-7-3-2-4-8-15/h2-4,7-8,13-14,16H,5-6,9-12,19H2,1H3. The van der Waals surface area contributed by atoms with Crippen molar-refractivity contribution >= 4 is 0 Å². The molecule has 0 spiro atoms. The summed E-state index contributed by atoms with van der Waals surface area (Å²) in [6.07, 6.45) is 10.7. The summed E-state index contributed by atoms with van der Waals surface area (Å²) in [6.45, 7) is 0. The van der Waals surface area contributed by atoms with Crippen molar-refractivity contribution in [3.8, 4) is 0 Å². The third-order valence-corrected chi connectivity index (χ3v) is 5.02. The predicted octanol–water partition coefficient (Wildman–Crippen LogP) is 3.41. The van der Waals surface area contributed by atoms with Gasteiger partial charge in [0.15, 0.2) is 0 Å². The molecule has 3 nitrogen and oxygen atoms in total. The highest BCUT2D eigenvalue weighted by atomic mass is 15.0. The Kier molecular flexibility index (Phi) is 4.11. The smallest absolute Gasteiger partial charge is 0.108 e. The number of hydrogen-bond donors (Lipinski definition) is 1. The van der Waals surface area contributed by atoms with E-state index in [2.05, 4.69) is 46.9 Å². The van der Waals surface area contributed by atoms with Gasteiger partial charge < -0.3 is 10.3 Å². The molecule has 3 rings (SSSR count). The predicted molar refractivity (Wildman–Crippen MR) is 86.1 cm³/mol. The van der Waals surface area contributed by atoms with E-state index in [0.717, 1.165) is 25.1 Å². The highest BCUT2D eigenvalue weighted by molar-refractivity contribution is 5.25. The molecule has 2 atom stereocenters. The first-order chi connectivity index (χ1) is 10.2. The summed E-state index contributed by atoms with van der Waals surface area (Å²) in [5, 5.41) is 0. The fourth-order valence-electron chi connectivity index (χ4n) is 3.73. The van der Waals surface area contributed by atoms with Gasteiger partial charge in [-0.3, -0.25) is 0 Å². The van der Waals surface area contributed by atoms with Gasteiger partial charge in [-0.2, -0.15) is 0 Å². The molecule has 1 aliphatic rings. The van der Waals surface area contributed by atoms with Gasteiger partial charge in [-0.05, 0) is 24.8 Å². The van der Waals surface area contributed by atoms with Gasteiger partial charge in [0.1, 0.15) is 5.82 Å². The number of benzene rings is 1. The molecule has 1 aliphatic carbocycles. The van der Waals surface area contributed by atoms with Crippen LogP contribution in [-0.4, -0.2) is 15.1 Å². The Morgan fingerprint density at radius 2 is 2.10 bits per heavy atom. The van der Waals surface area contributed by atoms with Crippen molar-refractivity contribution in [1.82, 2.24) is 9.55 Å². The molecular weight excluding hydrogens is 258 g/mol. The maximum absolute atomic E-state index is 6.86. The first kappa shape index (κ1) is 14.3. The van der Waals surface area contributed by atoms with Crippen LogP contribution in [0.15, 0.2) is 42.7 Å². The summed E-state index contributed by atoms with van der Waals surface area (Å²) in [4.78, 5) is 4.44. The molecule has 2 aromatic rings. The molecule has 0 amide bonds. The monoisotopic (exact) mass is 283 g/mol. The van der Waals surface area contributed by atoms with Gasteiger partial charge in [-0.15, -0.1) is 0 Å². The summed E-state index contributed by atoms with van der Waals surface area (Å²) in [7, 11) is 2.06. The van der Waals surface area contributed by atoms with E-state index in [0.29, 0.717) is 5.92 Å². The fraction of sp³-hybridized carbons (Fsp3) is 0.500. The minimum absolute atomic E-state index is 0.0917. The molecule has 1 heterocycles. The molecular formula is C18H25N3. The minimum atomic E-state index is -0.0917. The Morgan fingerprint density at radius 3 is 2.81 bits per heavy atom. The van der Waals surface area contributed by atoms with Crippen molar-refractivity contribution in [3.63, 3.8) is 0 Å². The van der Waals surface area contributed by atoms with Gasteiger partial charge in [-0.1, -0.05) is 43.2 Å². The highest BCUT2D eigenvalue weighted by Gasteiger charge is 2.37. The van der Waals surface area contributed by atoms with Crippen molar-refractivity contribution in [1.29, 1.82) is 0 Å². The van der Waals surface area contributed by atoms with E-state index < -0.39 is 0 Å². The second-order valence-electron chi connectivity index (χ2n) is 6.40. The van der Waals surface area contributed by atoms with Gasteiger partial charge in [-0.25, -0.2) is 4.98 Å². The lowest BCUT2D eigenvalue weighted by atomic mass is 9.68. The van der Waals surface area contributed by atoms with Gasteiger partial charge in [0, 0.05) is 37.3 Å². The van der Waals surface area contributed by atoms with Gasteiger partial charge in [0.25, 0.3) is 0 Å². The third-order valence-electron chi connectivity index (χ3n) is 5.02. The summed E-state index contributed by atoms with van der Waals surface area (Å²) >= 11 is 0. The fourth-order valence-corrected chi connectivity index (χ4v) is 3.73. The summed E-state index contributed by atoms with van der Waals surface area (Å²) in [5.74, 6) is 1.62. The number of aryl methyl sites for hydroxylation is 2. The van der Waals surface area contributed by atoms with E-state index in [1.165, 1.54) is 24.8 Å². The van der Waals surface area contributed by atoms with Crippen LogP contribution in [0.1, 0.15) is 49.4 Å². The Hall–Kier alpha value is -1.61. The number of rotatable bonds is 4. The second-order valence-corrected chi connectivity index (χ2v) is 6.40. The van der Waals surface area contributed by atoms with Crippen molar-refractivity contribution < 1.29 is 0 Å². The Bertz CT molecular complexity index is 575. The average molecular weight is 283 g/mol. The van der Waals surface area contributed by atoms with Crippen LogP contribution in [-0.2, 0) is 13.5 Å². The molecule has 0 saturated heterocycles. The third kappa shape index (κ3) is 3.03. The largest absolute Gasteiger partial charge is 0.338 e. The van der Waals surface area contributed by atoms with Crippen LogP contribution in [0.5, 0.6) is 0 Å². The molecule has 3 heteroatoms. The van der Waals surface area contributed by atoms with E-state index in [4.69, 9.17) is 5.73 Å². The van der Waals surface area contributed by atoms with Crippen LogP contribution in [0, 0.1) is 0 Å². The normalized spacial score (nSPS) is 25.9. The Labute approximate surface area is 127 Å². The number of hydrogen-bond acceptors (Lipinski definition) is 2. The number of imidazole rings is 1. The highest BCUT2D eigenvalue weighted by Crippen LogP contribution is 2.41. The molecule has 0 radical (unpaired) electrons. The first-order valence-corrected chi connectivity index (χ1v) is 7.99. The molecule has 112 valence electrons. The summed E-state index contributed by atoms with van der Waals surface area (Å²) < 4.78 is 2.10. The lowest BCUT2D eigenvalue weighted by molar-refractivity contribution is 0.234. The molecule has 1 aromatic carbocycles. The molecule has 21 heavy (non-hydrogen) atoms. The molecule has 1 fully saturated rings. The van der Waals surface area contributed by atoms with E-state index in [1.807, 2.05) is 12.4 Å². The number of aromatic nitrogens is 2. The first-order valence-electron chi connectivity index (χ1n) is 7.99. The Balaban J connectivity index is 1.77. The van der Waals surface area contributed by atoms with E-state index >= 15 is 0 Å². The molecule has 0 aliphatic heterocycles. The quantitative estimate of drug-likeness (QED) is 0.934. The van der Waals surface area contributed by atoms with Crippen LogP contribution in [0.4, 0.5) is 0 Å². The lowest BCUT2D eigenvalue weighted by Gasteiger charge is -2.42. The minimum Gasteiger partial charge on any atom is -0.338 e. The zero-order chi connectivity index (χ0) is 14.7. The van der Waals surface area contributed by atoms with Gasteiger partial charge >= 0.3 is 0 Å². The van der Waals surface area contributed by atoms with E-state index in [-0.39, 0.29) is 5.54 Å². The van der Waals surface area contributed by atoms with E-state index in [9.17, 15) is 0 Å². The van der Waals surface area contributed by atoms with Gasteiger partial charge in [0.2, 0.25) is 0 Å². The average Bonchev–Trinajstić information content (AvgIpc) is 2.92. The Morgan fingerprint density at radius 1 is 1.29 bits per heavy atom. The van der Waals surface area contributed by atoms with Crippen LogP contribution < -0.4 is 5.73 Å². The van der Waals surface area contributed by atoms with Crippen molar-refractivity contribution in [2.75, 3.05) is 0 Å². The maximum Gasteiger partial charge on any atom is 0.108 e. The zero-order valence-electron chi connectivity index (χ0n) is 12.8. The van der Waals surface area contributed by atoms with E-state index in [1.54, 1.807) is 0 Å². The van der Waals surface area contributed by atoms with Crippen LogP contribution in [0.3, 0.4) is 0 Å². The summed E-state index contributed by atoms with van der Waals surface area (Å²) in [6, 6.07) is 10.8. The summed E-state index contributed by atoms with van der Waals surface area (Å²) in [5.41, 5.74) is 8.18. The lowest BCUT2D eigenvalue weighted by Crippen LogP contribution is -2.48. The van der Waals surface area contributed by atoms with Crippen molar-refractivity contribution in [3.05, 3.63) is 54.1 Å². The maximum atomic E-state index is 6.86. The molecule has 2 N–H and O–H groups in total. The topological polar surface area (TPSA) is 43.8 Å². The molecule has 2 unspecified atom stereocenters. The van der Waals surface area contributed by atoms with Crippen molar-refractivity contribution in [2.45, 2.75) is 50.0 Å². The van der Waals surface area contributed by atoms with Crippen LogP contribution in [0.2, 0.25) is 0 Å². The zero-order valence-corrected chi connectivity index (χ0v) is 12.8.